The van der Waals surface area contributed by atoms with E-state index in [4.69, 9.17) is 4.74 Å². The minimum Gasteiger partial charge on any atom is -0.460 e. The fourth-order valence-electron chi connectivity index (χ4n) is 3.45. The van der Waals surface area contributed by atoms with Gasteiger partial charge in [-0.05, 0) is 46.6 Å². The molecule has 144 valence electrons. The van der Waals surface area contributed by atoms with Crippen LogP contribution in [0.25, 0.3) is 0 Å². The highest BCUT2D eigenvalue weighted by Gasteiger charge is 2.38. The molecule has 0 saturated carbocycles. The fraction of sp³-hybridized carbons (Fsp3) is 0.619. The zero-order valence-electron chi connectivity index (χ0n) is 16.7. The molecule has 0 spiro atoms. The Balaban J connectivity index is 2.19. The fourth-order valence-corrected chi connectivity index (χ4v) is 3.45. The third kappa shape index (κ3) is 5.07. The van der Waals surface area contributed by atoms with E-state index in [0.717, 1.165) is 18.5 Å². The molecule has 0 radical (unpaired) electrons. The van der Waals surface area contributed by atoms with Gasteiger partial charge in [0.05, 0.1) is 5.92 Å². The third-order valence-corrected chi connectivity index (χ3v) is 4.75. The van der Waals surface area contributed by atoms with E-state index in [1.165, 1.54) is 0 Å². The van der Waals surface area contributed by atoms with Gasteiger partial charge in [-0.2, -0.15) is 0 Å². The Morgan fingerprint density at radius 2 is 1.81 bits per heavy atom. The summed E-state index contributed by atoms with van der Waals surface area (Å²) in [4.78, 5) is 29.6. The second kappa shape index (κ2) is 8.67. The van der Waals surface area contributed by atoms with E-state index in [2.05, 4.69) is 4.90 Å². The van der Waals surface area contributed by atoms with Crippen molar-refractivity contribution in [3.05, 3.63) is 35.9 Å². The lowest BCUT2D eigenvalue weighted by Gasteiger charge is -2.32. The zero-order valence-corrected chi connectivity index (χ0v) is 16.7. The van der Waals surface area contributed by atoms with Gasteiger partial charge >= 0.3 is 5.97 Å². The smallest absolute Gasteiger partial charge is 0.310 e. The van der Waals surface area contributed by atoms with E-state index in [1.807, 2.05) is 69.9 Å². The molecule has 2 rings (SSSR count). The third-order valence-electron chi connectivity index (χ3n) is 4.75. The molecule has 0 aromatic heterocycles. The maximum absolute atomic E-state index is 13.2. The first kappa shape index (κ1) is 20.4. The number of benzene rings is 1. The van der Waals surface area contributed by atoms with Crippen LogP contribution >= 0.6 is 0 Å². The summed E-state index contributed by atoms with van der Waals surface area (Å²) in [5.74, 6) is -0.238. The van der Waals surface area contributed by atoms with E-state index in [9.17, 15) is 9.59 Å². The molecule has 2 atom stereocenters. The second-order valence-corrected chi connectivity index (χ2v) is 7.84. The van der Waals surface area contributed by atoms with Crippen molar-refractivity contribution in [2.24, 2.45) is 5.92 Å². The molecule has 1 aliphatic heterocycles. The first-order chi connectivity index (χ1) is 12.3. The molecule has 0 bridgehead atoms. The zero-order chi connectivity index (χ0) is 19.3. The quantitative estimate of drug-likeness (QED) is 0.731. The number of carbonyl (C=O) groups is 2. The van der Waals surface area contributed by atoms with Crippen molar-refractivity contribution in [2.75, 3.05) is 26.2 Å². The Kier molecular flexibility index (Phi) is 6.81. The molecule has 26 heavy (non-hydrogen) atoms. The van der Waals surface area contributed by atoms with Gasteiger partial charge in [-0.1, -0.05) is 30.3 Å². The largest absolute Gasteiger partial charge is 0.460 e. The van der Waals surface area contributed by atoms with Crippen molar-refractivity contribution in [3.8, 4) is 0 Å². The number of rotatable bonds is 6. The number of esters is 1. The summed E-state index contributed by atoms with van der Waals surface area (Å²) in [6, 6.07) is 9.51. The van der Waals surface area contributed by atoms with Gasteiger partial charge in [-0.15, -0.1) is 0 Å². The van der Waals surface area contributed by atoms with Gasteiger partial charge in [0.1, 0.15) is 11.6 Å². The molecule has 0 aliphatic carbocycles. The highest BCUT2D eigenvalue weighted by molar-refractivity contribution is 5.83. The van der Waals surface area contributed by atoms with Crippen LogP contribution in [0.1, 0.15) is 52.6 Å². The monoisotopic (exact) mass is 360 g/mol. The molecule has 1 aromatic carbocycles. The summed E-state index contributed by atoms with van der Waals surface area (Å²) >= 11 is 0. The van der Waals surface area contributed by atoms with Gasteiger partial charge in [0.15, 0.2) is 0 Å². The number of likely N-dealkylation sites (N-methyl/N-ethyl adjacent to an activating group) is 1. The van der Waals surface area contributed by atoms with E-state index < -0.39 is 5.60 Å². The summed E-state index contributed by atoms with van der Waals surface area (Å²) in [7, 11) is 0. The summed E-state index contributed by atoms with van der Waals surface area (Å²) in [5, 5.41) is 0. The van der Waals surface area contributed by atoms with Crippen molar-refractivity contribution in [2.45, 2.75) is 52.7 Å². The average molecular weight is 360 g/mol. The molecular formula is C21H32N2O3. The van der Waals surface area contributed by atoms with Gasteiger partial charge in [0.25, 0.3) is 0 Å². The average Bonchev–Trinajstić information content (AvgIpc) is 3.05. The lowest BCUT2D eigenvalue weighted by atomic mass is 10.0. The van der Waals surface area contributed by atoms with Crippen LogP contribution in [-0.4, -0.2) is 53.5 Å². The Morgan fingerprint density at radius 3 is 2.35 bits per heavy atom. The molecule has 1 aliphatic rings. The number of ether oxygens (including phenoxy) is 1. The van der Waals surface area contributed by atoms with Crippen LogP contribution in [0.4, 0.5) is 0 Å². The Hall–Kier alpha value is -1.88. The minimum atomic E-state index is -0.486. The number of likely N-dealkylation sites (tertiary alicyclic amines) is 1. The van der Waals surface area contributed by atoms with Crippen molar-refractivity contribution < 1.29 is 14.3 Å². The Morgan fingerprint density at radius 1 is 1.19 bits per heavy atom. The predicted octanol–water partition coefficient (Wildman–Crippen LogP) is 3.26. The number of carbonyl (C=O) groups excluding carboxylic acids is 2. The van der Waals surface area contributed by atoms with Crippen LogP contribution in [-0.2, 0) is 14.3 Å². The van der Waals surface area contributed by atoms with Crippen LogP contribution in [0.5, 0.6) is 0 Å². The molecule has 1 fully saturated rings. The van der Waals surface area contributed by atoms with Gasteiger partial charge in [-0.25, -0.2) is 0 Å². The first-order valence-corrected chi connectivity index (χ1v) is 9.57. The van der Waals surface area contributed by atoms with Crippen LogP contribution in [0, 0.1) is 5.92 Å². The predicted molar refractivity (Wildman–Crippen MR) is 103 cm³/mol. The lowest BCUT2D eigenvalue weighted by molar-refractivity contribution is -0.159. The summed E-state index contributed by atoms with van der Waals surface area (Å²) in [6.45, 7) is 12.3. The van der Waals surface area contributed by atoms with Crippen LogP contribution in [0.3, 0.4) is 0 Å². The molecule has 1 heterocycles. The summed E-state index contributed by atoms with van der Waals surface area (Å²) < 4.78 is 5.54. The highest BCUT2D eigenvalue weighted by Crippen LogP contribution is 2.30. The van der Waals surface area contributed by atoms with Crippen molar-refractivity contribution in [1.82, 2.24) is 9.80 Å². The maximum atomic E-state index is 13.2. The number of nitrogens with zero attached hydrogens (tertiary/aromatic N) is 2. The topological polar surface area (TPSA) is 49.9 Å². The molecule has 1 aromatic rings. The molecule has 1 saturated heterocycles. The van der Waals surface area contributed by atoms with Crippen LogP contribution < -0.4 is 0 Å². The van der Waals surface area contributed by atoms with E-state index in [-0.39, 0.29) is 23.8 Å². The van der Waals surface area contributed by atoms with Gasteiger partial charge in [-0.3, -0.25) is 14.5 Å². The molecule has 5 nitrogen and oxygen atoms in total. The molecular weight excluding hydrogens is 328 g/mol. The Bertz CT molecular complexity index is 605. The van der Waals surface area contributed by atoms with Crippen LogP contribution in [0.15, 0.2) is 30.3 Å². The Labute approximate surface area is 157 Å². The number of hydrogen-bond donors (Lipinski definition) is 0. The van der Waals surface area contributed by atoms with Gasteiger partial charge in [0.2, 0.25) is 5.91 Å². The van der Waals surface area contributed by atoms with Crippen molar-refractivity contribution >= 4 is 11.9 Å². The summed E-state index contributed by atoms with van der Waals surface area (Å²) in [6.07, 6.45) is 0.726. The minimum absolute atomic E-state index is 0.103. The standard InChI is InChI=1S/C21H32N2O3/c1-6-22(7-2)19(24)18(16-11-9-8-10-12-16)23-14-13-17(15-23)20(25)26-21(3,4)5/h8-12,17-18H,6-7,13-15H2,1-5H3/t17-,18+/m1/s1. The van der Waals surface area contributed by atoms with Crippen molar-refractivity contribution in [3.63, 3.8) is 0 Å². The SMILES string of the molecule is CCN(CC)C(=O)[C@H](c1ccccc1)N1CC[C@@H](C(=O)OC(C)(C)C)C1. The molecule has 0 unspecified atom stereocenters. The second-order valence-electron chi connectivity index (χ2n) is 7.84. The van der Waals surface area contributed by atoms with E-state index in [1.54, 1.807) is 0 Å². The van der Waals surface area contributed by atoms with E-state index in [0.29, 0.717) is 19.6 Å². The van der Waals surface area contributed by atoms with Gasteiger partial charge in [0, 0.05) is 26.2 Å². The molecule has 0 N–H and O–H groups in total. The highest BCUT2D eigenvalue weighted by atomic mass is 16.6. The first-order valence-electron chi connectivity index (χ1n) is 9.57. The normalized spacial score (nSPS) is 19.2. The number of hydrogen-bond acceptors (Lipinski definition) is 4. The van der Waals surface area contributed by atoms with Crippen LogP contribution in [0.2, 0.25) is 0 Å². The van der Waals surface area contributed by atoms with E-state index >= 15 is 0 Å². The van der Waals surface area contributed by atoms with Crippen molar-refractivity contribution in [1.29, 1.82) is 0 Å². The molecule has 5 heteroatoms. The molecule has 1 amide bonds. The lowest BCUT2D eigenvalue weighted by Crippen LogP contribution is -2.42. The number of amides is 1. The van der Waals surface area contributed by atoms with Gasteiger partial charge < -0.3 is 9.64 Å². The summed E-state index contributed by atoms with van der Waals surface area (Å²) in [5.41, 5.74) is 0.495. The maximum Gasteiger partial charge on any atom is 0.310 e.